The summed E-state index contributed by atoms with van der Waals surface area (Å²) in [5.74, 6) is -0.406. The molecule has 1 atom stereocenters. The molecule has 2 N–H and O–H groups in total. The summed E-state index contributed by atoms with van der Waals surface area (Å²) in [7, 11) is 0. The molecule has 1 heterocycles. The minimum absolute atomic E-state index is 0.252. The van der Waals surface area contributed by atoms with Crippen LogP contribution in [0, 0.1) is 6.92 Å². The standard InChI is InChI=1S/C15H14F3NO2S/c1-9-6-7-22-13(9)14(21)19-8-12(20)10-4-2-3-5-11(10)15(16,17)18/h2-7,12,20H,8H2,1H3,(H,19,21)/t12-/m1/s1. The van der Waals surface area contributed by atoms with Crippen LogP contribution in [0.4, 0.5) is 13.2 Å². The fourth-order valence-corrected chi connectivity index (χ4v) is 2.87. The summed E-state index contributed by atoms with van der Waals surface area (Å²) in [4.78, 5) is 12.4. The van der Waals surface area contributed by atoms with Crippen molar-refractivity contribution < 1.29 is 23.1 Å². The van der Waals surface area contributed by atoms with E-state index in [1.807, 2.05) is 0 Å². The Morgan fingerprint density at radius 1 is 1.32 bits per heavy atom. The summed E-state index contributed by atoms with van der Waals surface area (Å²) in [6.07, 6.45) is -5.98. The molecule has 1 amide bonds. The van der Waals surface area contributed by atoms with Crippen molar-refractivity contribution in [1.82, 2.24) is 5.32 Å². The van der Waals surface area contributed by atoms with Gasteiger partial charge in [-0.3, -0.25) is 4.79 Å². The second kappa shape index (κ2) is 6.50. The number of nitrogens with one attached hydrogen (secondary N) is 1. The highest BCUT2D eigenvalue weighted by Gasteiger charge is 2.34. The van der Waals surface area contributed by atoms with Crippen LogP contribution in [0.1, 0.15) is 32.5 Å². The van der Waals surface area contributed by atoms with E-state index in [0.29, 0.717) is 4.88 Å². The van der Waals surface area contributed by atoms with Crippen molar-refractivity contribution in [2.75, 3.05) is 6.54 Å². The summed E-state index contributed by atoms with van der Waals surface area (Å²) in [5, 5.41) is 14.2. The van der Waals surface area contributed by atoms with Gasteiger partial charge in [0.1, 0.15) is 0 Å². The van der Waals surface area contributed by atoms with E-state index in [-0.39, 0.29) is 12.1 Å². The third kappa shape index (κ3) is 3.66. The summed E-state index contributed by atoms with van der Waals surface area (Å²) >= 11 is 1.24. The highest BCUT2D eigenvalue weighted by atomic mass is 32.1. The van der Waals surface area contributed by atoms with E-state index in [2.05, 4.69) is 5.32 Å². The van der Waals surface area contributed by atoms with Gasteiger partial charge in [0.05, 0.1) is 16.5 Å². The van der Waals surface area contributed by atoms with Crippen molar-refractivity contribution in [3.8, 4) is 0 Å². The van der Waals surface area contributed by atoms with Crippen LogP contribution in [0.2, 0.25) is 0 Å². The Morgan fingerprint density at radius 3 is 2.59 bits per heavy atom. The van der Waals surface area contributed by atoms with Crippen molar-refractivity contribution in [2.24, 2.45) is 0 Å². The Hall–Kier alpha value is -1.86. The minimum Gasteiger partial charge on any atom is -0.387 e. The normalized spacial score (nSPS) is 13.0. The zero-order valence-electron chi connectivity index (χ0n) is 11.6. The number of carbonyl (C=O) groups excluding carboxylic acids is 1. The molecule has 3 nitrogen and oxygen atoms in total. The highest BCUT2D eigenvalue weighted by Crippen LogP contribution is 2.34. The lowest BCUT2D eigenvalue weighted by Gasteiger charge is -2.17. The Morgan fingerprint density at radius 2 is 2.00 bits per heavy atom. The average Bonchev–Trinajstić information content (AvgIpc) is 2.89. The van der Waals surface area contributed by atoms with Gasteiger partial charge in [-0.1, -0.05) is 18.2 Å². The number of aryl methyl sites for hydroxylation is 1. The Balaban J connectivity index is 2.09. The van der Waals surface area contributed by atoms with E-state index in [0.717, 1.165) is 11.6 Å². The molecule has 1 aromatic carbocycles. The average molecular weight is 329 g/mol. The number of rotatable bonds is 4. The number of alkyl halides is 3. The molecule has 0 radical (unpaired) electrons. The fourth-order valence-electron chi connectivity index (χ4n) is 2.03. The van der Waals surface area contributed by atoms with Gasteiger partial charge in [-0.25, -0.2) is 0 Å². The van der Waals surface area contributed by atoms with E-state index in [4.69, 9.17) is 0 Å². The number of thiophene rings is 1. The van der Waals surface area contributed by atoms with E-state index in [1.165, 1.54) is 29.5 Å². The fraction of sp³-hybridized carbons (Fsp3) is 0.267. The van der Waals surface area contributed by atoms with Gasteiger partial charge in [0.15, 0.2) is 0 Å². The molecule has 0 aliphatic carbocycles. The second-order valence-corrected chi connectivity index (χ2v) is 5.66. The molecule has 2 rings (SSSR count). The topological polar surface area (TPSA) is 49.3 Å². The van der Waals surface area contributed by atoms with Crippen LogP contribution in [0.15, 0.2) is 35.7 Å². The van der Waals surface area contributed by atoms with Gasteiger partial charge in [0.25, 0.3) is 5.91 Å². The van der Waals surface area contributed by atoms with Crippen molar-refractivity contribution in [2.45, 2.75) is 19.2 Å². The van der Waals surface area contributed by atoms with Crippen LogP contribution in [-0.2, 0) is 6.18 Å². The smallest absolute Gasteiger partial charge is 0.387 e. The maximum absolute atomic E-state index is 12.9. The molecule has 7 heteroatoms. The van der Waals surface area contributed by atoms with Crippen molar-refractivity contribution in [1.29, 1.82) is 0 Å². The predicted octanol–water partition coefficient (Wildman–Crippen LogP) is 3.54. The van der Waals surface area contributed by atoms with Crippen LogP contribution < -0.4 is 5.32 Å². The summed E-state index contributed by atoms with van der Waals surface area (Å²) in [6.45, 7) is 1.48. The molecule has 0 bridgehead atoms. The van der Waals surface area contributed by atoms with E-state index in [9.17, 15) is 23.1 Å². The van der Waals surface area contributed by atoms with Crippen molar-refractivity contribution in [3.05, 3.63) is 57.3 Å². The summed E-state index contributed by atoms with van der Waals surface area (Å²) < 4.78 is 38.7. The summed E-state index contributed by atoms with van der Waals surface area (Å²) in [5.41, 5.74) is -0.366. The summed E-state index contributed by atoms with van der Waals surface area (Å²) in [6, 6.07) is 6.56. The monoisotopic (exact) mass is 329 g/mol. The van der Waals surface area contributed by atoms with Gasteiger partial charge in [-0.05, 0) is 35.6 Å². The molecular weight excluding hydrogens is 315 g/mol. The lowest BCUT2D eigenvalue weighted by Crippen LogP contribution is -2.29. The predicted molar refractivity (Wildman–Crippen MR) is 77.8 cm³/mol. The molecule has 0 saturated heterocycles. The number of hydrogen-bond acceptors (Lipinski definition) is 3. The quantitative estimate of drug-likeness (QED) is 0.901. The first-order chi connectivity index (χ1) is 10.3. The maximum atomic E-state index is 12.9. The van der Waals surface area contributed by atoms with Crippen LogP contribution in [0.5, 0.6) is 0 Å². The second-order valence-electron chi connectivity index (χ2n) is 4.74. The Kier molecular flexibility index (Phi) is 4.87. The van der Waals surface area contributed by atoms with Gasteiger partial charge in [-0.2, -0.15) is 13.2 Å². The van der Waals surface area contributed by atoms with Crippen LogP contribution in [-0.4, -0.2) is 17.6 Å². The molecule has 118 valence electrons. The van der Waals surface area contributed by atoms with Crippen LogP contribution in [0.25, 0.3) is 0 Å². The van der Waals surface area contributed by atoms with Crippen molar-refractivity contribution in [3.63, 3.8) is 0 Å². The molecule has 0 aliphatic rings. The number of aliphatic hydroxyl groups is 1. The Bertz CT molecular complexity index is 667. The first-order valence-electron chi connectivity index (χ1n) is 6.47. The van der Waals surface area contributed by atoms with Gasteiger partial charge in [-0.15, -0.1) is 11.3 Å². The Labute approximate surface area is 129 Å². The van der Waals surface area contributed by atoms with Gasteiger partial charge in [0.2, 0.25) is 0 Å². The molecule has 22 heavy (non-hydrogen) atoms. The van der Waals surface area contributed by atoms with Crippen LogP contribution >= 0.6 is 11.3 Å². The van der Waals surface area contributed by atoms with E-state index >= 15 is 0 Å². The zero-order chi connectivity index (χ0) is 16.3. The molecular formula is C15H14F3NO2S. The number of halogens is 3. The molecule has 0 spiro atoms. The third-order valence-electron chi connectivity index (χ3n) is 3.15. The number of hydrogen-bond donors (Lipinski definition) is 2. The number of aliphatic hydroxyl groups excluding tert-OH is 1. The van der Waals surface area contributed by atoms with Gasteiger partial charge >= 0.3 is 6.18 Å². The molecule has 1 aromatic heterocycles. The molecule has 0 fully saturated rings. The highest BCUT2D eigenvalue weighted by molar-refractivity contribution is 7.12. The zero-order valence-corrected chi connectivity index (χ0v) is 12.5. The van der Waals surface area contributed by atoms with Gasteiger partial charge < -0.3 is 10.4 Å². The molecule has 0 unspecified atom stereocenters. The maximum Gasteiger partial charge on any atom is 0.416 e. The number of carbonyl (C=O) groups is 1. The lowest BCUT2D eigenvalue weighted by atomic mass is 10.0. The van der Waals surface area contributed by atoms with Gasteiger partial charge in [0, 0.05) is 6.54 Å². The van der Waals surface area contributed by atoms with E-state index < -0.39 is 23.8 Å². The number of benzene rings is 1. The lowest BCUT2D eigenvalue weighted by molar-refractivity contribution is -0.139. The SMILES string of the molecule is Cc1ccsc1C(=O)NC[C@@H](O)c1ccccc1C(F)(F)F. The first-order valence-corrected chi connectivity index (χ1v) is 7.35. The molecule has 0 saturated carbocycles. The minimum atomic E-state index is -4.55. The first kappa shape index (κ1) is 16.5. The van der Waals surface area contributed by atoms with Crippen molar-refractivity contribution >= 4 is 17.2 Å². The van der Waals surface area contributed by atoms with Crippen LogP contribution in [0.3, 0.4) is 0 Å². The largest absolute Gasteiger partial charge is 0.416 e. The van der Waals surface area contributed by atoms with E-state index in [1.54, 1.807) is 18.4 Å². The third-order valence-corrected chi connectivity index (χ3v) is 4.16. The number of amides is 1. The molecule has 0 aliphatic heterocycles. The molecule has 2 aromatic rings.